The van der Waals surface area contributed by atoms with E-state index in [1.807, 2.05) is 20.8 Å². The summed E-state index contributed by atoms with van der Waals surface area (Å²) in [7, 11) is 0. The number of benzene rings is 1. The Balaban J connectivity index is 1.39. The number of urea groups is 1. The molecular formula is C26H29N7O4. The van der Waals surface area contributed by atoms with Crippen LogP contribution in [-0.4, -0.2) is 73.6 Å². The molecule has 1 saturated heterocycles. The highest BCUT2D eigenvalue weighted by atomic mass is 16.6. The molecule has 0 radical (unpaired) electrons. The first-order valence-corrected chi connectivity index (χ1v) is 11.8. The van der Waals surface area contributed by atoms with Crippen LogP contribution in [0.3, 0.4) is 0 Å². The summed E-state index contributed by atoms with van der Waals surface area (Å²) in [5.74, 6) is 0.304. The summed E-state index contributed by atoms with van der Waals surface area (Å²) in [6.45, 7) is 8.77. The summed E-state index contributed by atoms with van der Waals surface area (Å²) in [5.41, 5.74) is 2.33. The van der Waals surface area contributed by atoms with Crippen molar-refractivity contribution in [3.63, 3.8) is 0 Å². The zero-order valence-electron chi connectivity index (χ0n) is 21.2. The van der Waals surface area contributed by atoms with Gasteiger partial charge in [-0.15, -0.1) is 0 Å². The van der Waals surface area contributed by atoms with E-state index in [1.54, 1.807) is 53.1 Å². The minimum atomic E-state index is -0.568. The molecule has 0 saturated carbocycles. The topological polar surface area (TPSA) is 137 Å². The molecule has 1 fully saturated rings. The van der Waals surface area contributed by atoms with Gasteiger partial charge in [-0.1, -0.05) is 12.1 Å². The highest BCUT2D eigenvalue weighted by molar-refractivity contribution is 5.89. The van der Waals surface area contributed by atoms with Crippen molar-refractivity contribution in [2.75, 3.05) is 31.5 Å². The number of anilines is 1. The lowest BCUT2D eigenvalue weighted by Crippen LogP contribution is -2.52. The van der Waals surface area contributed by atoms with E-state index >= 15 is 0 Å². The fourth-order valence-corrected chi connectivity index (χ4v) is 3.93. The number of carbonyl (C=O) groups excluding carboxylic acids is 2. The second-order valence-corrected chi connectivity index (χ2v) is 9.67. The van der Waals surface area contributed by atoms with E-state index in [-0.39, 0.29) is 18.0 Å². The molecule has 0 atom stereocenters. The lowest BCUT2D eigenvalue weighted by molar-refractivity contribution is 0.0174. The number of pyridine rings is 1. The Bertz CT molecular complexity index is 1330. The Morgan fingerprint density at radius 3 is 2.27 bits per heavy atom. The number of hydrogen-bond donors (Lipinski definition) is 2. The van der Waals surface area contributed by atoms with Crippen LogP contribution in [0.2, 0.25) is 0 Å². The molecule has 11 nitrogen and oxygen atoms in total. The van der Waals surface area contributed by atoms with E-state index in [2.05, 4.69) is 21.5 Å². The van der Waals surface area contributed by atoms with Crippen LogP contribution in [-0.2, 0) is 4.74 Å². The summed E-state index contributed by atoms with van der Waals surface area (Å²) >= 11 is 0. The molecule has 192 valence electrons. The normalized spacial score (nSPS) is 13.7. The largest absolute Gasteiger partial charge is 0.493 e. The number of nitrogens with one attached hydrogen (secondary N) is 1. The van der Waals surface area contributed by atoms with E-state index in [0.717, 1.165) is 5.56 Å². The van der Waals surface area contributed by atoms with Gasteiger partial charge in [-0.3, -0.25) is 0 Å². The number of aromatic hydroxyl groups is 1. The molecule has 3 amide bonds. The number of hydrogen-bond acceptors (Lipinski definition) is 7. The number of nitriles is 1. The van der Waals surface area contributed by atoms with Crippen molar-refractivity contribution in [3.8, 4) is 28.9 Å². The van der Waals surface area contributed by atoms with Crippen LogP contribution in [0.5, 0.6) is 5.88 Å². The van der Waals surface area contributed by atoms with Crippen LogP contribution in [0.25, 0.3) is 16.9 Å². The third-order valence-electron chi connectivity index (χ3n) is 5.77. The van der Waals surface area contributed by atoms with Crippen LogP contribution < -0.4 is 5.32 Å². The van der Waals surface area contributed by atoms with E-state index < -0.39 is 5.60 Å². The van der Waals surface area contributed by atoms with Crippen molar-refractivity contribution in [2.45, 2.75) is 33.3 Å². The molecular weight excluding hydrogens is 474 g/mol. The molecule has 37 heavy (non-hydrogen) atoms. The van der Waals surface area contributed by atoms with Gasteiger partial charge in [-0.05, 0) is 57.5 Å². The number of aryl methyl sites for hydroxylation is 1. The smallest absolute Gasteiger partial charge is 0.410 e. The van der Waals surface area contributed by atoms with Gasteiger partial charge in [-0.2, -0.15) is 15.0 Å². The van der Waals surface area contributed by atoms with Crippen molar-refractivity contribution >= 4 is 17.8 Å². The van der Waals surface area contributed by atoms with Gasteiger partial charge >= 0.3 is 12.1 Å². The SMILES string of the molecule is Cc1nn(-c2ccc(NC(=O)N3CCN(C(=O)OC(C)(C)C)CC3)cn2)c(O)c1-c1ccc(C#N)cc1. The van der Waals surface area contributed by atoms with E-state index in [1.165, 1.54) is 10.9 Å². The Hall–Kier alpha value is -4.59. The Morgan fingerprint density at radius 2 is 1.70 bits per heavy atom. The fraction of sp³-hybridized carbons (Fsp3) is 0.346. The van der Waals surface area contributed by atoms with Crippen LogP contribution in [0.15, 0.2) is 42.6 Å². The minimum absolute atomic E-state index is 0.0747. The molecule has 11 heteroatoms. The molecule has 4 rings (SSSR count). The zero-order chi connectivity index (χ0) is 26.7. The molecule has 2 aromatic heterocycles. The van der Waals surface area contributed by atoms with E-state index in [4.69, 9.17) is 10.00 Å². The van der Waals surface area contributed by atoms with Gasteiger partial charge in [0.2, 0.25) is 5.88 Å². The summed E-state index contributed by atoms with van der Waals surface area (Å²) in [5, 5.41) is 27.1. The van der Waals surface area contributed by atoms with Crippen molar-refractivity contribution in [1.29, 1.82) is 5.26 Å². The number of aromatic nitrogens is 3. The van der Waals surface area contributed by atoms with Crippen LogP contribution >= 0.6 is 0 Å². The fourth-order valence-electron chi connectivity index (χ4n) is 3.93. The summed E-state index contributed by atoms with van der Waals surface area (Å²) < 4.78 is 6.71. The number of carbonyl (C=O) groups is 2. The van der Waals surface area contributed by atoms with Gasteiger partial charge in [0.1, 0.15) is 5.60 Å². The number of amides is 3. The quantitative estimate of drug-likeness (QED) is 0.553. The number of nitrogens with zero attached hydrogens (tertiary/aromatic N) is 6. The molecule has 0 aliphatic carbocycles. The highest BCUT2D eigenvalue weighted by Crippen LogP contribution is 2.34. The molecule has 1 aliphatic rings. The third kappa shape index (κ3) is 5.81. The number of piperazine rings is 1. The van der Waals surface area contributed by atoms with Gasteiger partial charge in [0.25, 0.3) is 0 Å². The maximum atomic E-state index is 12.7. The summed E-state index contributed by atoms with van der Waals surface area (Å²) in [6, 6.07) is 12.0. The van der Waals surface area contributed by atoms with E-state index in [0.29, 0.717) is 54.5 Å². The molecule has 0 spiro atoms. The Kier molecular flexibility index (Phi) is 7.02. The summed E-state index contributed by atoms with van der Waals surface area (Å²) in [6.07, 6.45) is 1.11. The van der Waals surface area contributed by atoms with Gasteiger partial charge in [0.05, 0.1) is 34.8 Å². The second kappa shape index (κ2) is 10.2. The predicted molar refractivity (Wildman–Crippen MR) is 136 cm³/mol. The number of rotatable bonds is 3. The van der Waals surface area contributed by atoms with Crippen molar-refractivity contribution in [1.82, 2.24) is 24.6 Å². The predicted octanol–water partition coefficient (Wildman–Crippen LogP) is 3.90. The van der Waals surface area contributed by atoms with Crippen molar-refractivity contribution < 1.29 is 19.4 Å². The van der Waals surface area contributed by atoms with Crippen molar-refractivity contribution in [2.24, 2.45) is 0 Å². The average molecular weight is 504 g/mol. The van der Waals surface area contributed by atoms with Gasteiger partial charge < -0.3 is 25.0 Å². The maximum absolute atomic E-state index is 12.7. The first-order chi connectivity index (χ1) is 17.6. The molecule has 0 unspecified atom stereocenters. The molecule has 3 heterocycles. The monoisotopic (exact) mass is 503 g/mol. The molecule has 2 N–H and O–H groups in total. The van der Waals surface area contributed by atoms with Crippen LogP contribution in [0.4, 0.5) is 15.3 Å². The molecule has 3 aromatic rings. The second-order valence-electron chi connectivity index (χ2n) is 9.67. The summed E-state index contributed by atoms with van der Waals surface area (Å²) in [4.78, 5) is 32.5. The first kappa shape index (κ1) is 25.5. The highest BCUT2D eigenvalue weighted by Gasteiger charge is 2.28. The van der Waals surface area contributed by atoms with Crippen LogP contribution in [0, 0.1) is 18.3 Å². The van der Waals surface area contributed by atoms with Gasteiger partial charge in [-0.25, -0.2) is 14.6 Å². The van der Waals surface area contributed by atoms with E-state index in [9.17, 15) is 14.7 Å². The third-order valence-corrected chi connectivity index (χ3v) is 5.77. The van der Waals surface area contributed by atoms with Gasteiger partial charge in [0, 0.05) is 26.2 Å². The molecule has 1 aromatic carbocycles. The number of ether oxygens (including phenoxy) is 1. The van der Waals surface area contributed by atoms with Crippen LogP contribution in [0.1, 0.15) is 32.0 Å². The lowest BCUT2D eigenvalue weighted by atomic mass is 10.0. The zero-order valence-corrected chi connectivity index (χ0v) is 21.2. The minimum Gasteiger partial charge on any atom is -0.493 e. The Morgan fingerprint density at radius 1 is 1.05 bits per heavy atom. The van der Waals surface area contributed by atoms with Crippen molar-refractivity contribution in [3.05, 3.63) is 53.9 Å². The molecule has 0 bridgehead atoms. The average Bonchev–Trinajstić information content (AvgIpc) is 3.17. The maximum Gasteiger partial charge on any atom is 0.410 e. The Labute approximate surface area is 214 Å². The van der Waals surface area contributed by atoms with Gasteiger partial charge in [0.15, 0.2) is 5.82 Å². The lowest BCUT2D eigenvalue weighted by Gasteiger charge is -2.35. The molecule has 1 aliphatic heterocycles. The standard InChI is InChI=1S/C26H29N7O4/c1-17-22(19-7-5-18(15-27)6-8-19)23(34)33(30-17)21-10-9-20(16-28-21)29-24(35)31-11-13-32(14-12-31)25(36)37-26(2,3)4/h5-10,16,34H,11-14H2,1-4H3,(H,29,35). The first-order valence-electron chi connectivity index (χ1n) is 11.8.